The zero-order valence-corrected chi connectivity index (χ0v) is 12.1. The summed E-state index contributed by atoms with van der Waals surface area (Å²) in [6.45, 7) is 2.28. The van der Waals surface area contributed by atoms with Gasteiger partial charge in [-0.3, -0.25) is 10.4 Å². The summed E-state index contributed by atoms with van der Waals surface area (Å²) in [6.07, 6.45) is -0.311. The van der Waals surface area contributed by atoms with Gasteiger partial charge in [-0.1, -0.05) is 39.3 Å². The van der Waals surface area contributed by atoms with Crippen LogP contribution in [0, 0.1) is 6.92 Å². The lowest BCUT2D eigenvalue weighted by Crippen LogP contribution is -2.45. The number of hydrazone groups is 1. The number of hydrogen-bond acceptors (Lipinski definition) is 7. The van der Waals surface area contributed by atoms with Crippen LogP contribution < -0.4 is 5.43 Å². The Labute approximate surface area is 122 Å². The number of alkyl halides is 3. The van der Waals surface area contributed by atoms with Gasteiger partial charge in [-0.2, -0.15) is 5.10 Å². The van der Waals surface area contributed by atoms with Gasteiger partial charge in [-0.25, -0.2) is 0 Å². The molecule has 0 aromatic carbocycles. The lowest BCUT2D eigenvalue weighted by molar-refractivity contribution is 0.411. The SMILES string of the molecule is Cc1nnsc1C1=NNC2C(C(Cl)(Cl)Cl)=NCN12. The molecule has 1 unspecified atom stereocenters. The molecule has 0 spiro atoms. The maximum absolute atomic E-state index is 5.87. The molecule has 2 aliphatic heterocycles. The molecule has 2 aliphatic rings. The Morgan fingerprint density at radius 2 is 2.22 bits per heavy atom. The van der Waals surface area contributed by atoms with Gasteiger partial charge >= 0.3 is 0 Å². The van der Waals surface area contributed by atoms with Gasteiger partial charge in [0.2, 0.25) is 3.79 Å². The highest BCUT2D eigenvalue weighted by Gasteiger charge is 2.45. The van der Waals surface area contributed by atoms with E-state index in [1.165, 1.54) is 11.5 Å². The summed E-state index contributed by atoms with van der Waals surface area (Å²) in [7, 11) is 0. The molecule has 1 atom stereocenters. The van der Waals surface area contributed by atoms with E-state index in [0.29, 0.717) is 12.4 Å². The van der Waals surface area contributed by atoms with Crippen LogP contribution in [0.15, 0.2) is 10.1 Å². The molecule has 0 saturated heterocycles. The van der Waals surface area contributed by atoms with E-state index >= 15 is 0 Å². The Morgan fingerprint density at radius 3 is 2.83 bits per heavy atom. The molecular weight excluding hydrogens is 319 g/mol. The van der Waals surface area contributed by atoms with Crippen molar-refractivity contribution < 1.29 is 0 Å². The first kappa shape index (κ1) is 12.4. The average Bonchev–Trinajstić information content (AvgIpc) is 2.90. The van der Waals surface area contributed by atoms with Crippen LogP contribution in [0.4, 0.5) is 0 Å². The highest BCUT2D eigenvalue weighted by atomic mass is 35.6. The minimum atomic E-state index is -1.53. The molecule has 3 rings (SSSR count). The number of nitrogens with zero attached hydrogens (tertiary/aromatic N) is 5. The van der Waals surface area contributed by atoms with Crippen LogP contribution in [0.25, 0.3) is 0 Å². The number of aliphatic imine (C=N–C) groups is 1. The smallest absolute Gasteiger partial charge is 0.232 e. The first-order chi connectivity index (χ1) is 8.48. The zero-order chi connectivity index (χ0) is 12.9. The fourth-order valence-electron chi connectivity index (χ4n) is 1.84. The van der Waals surface area contributed by atoms with Crippen molar-refractivity contribution in [1.29, 1.82) is 0 Å². The molecule has 0 fully saturated rings. The van der Waals surface area contributed by atoms with E-state index in [4.69, 9.17) is 34.8 Å². The number of hydrogen-bond donors (Lipinski definition) is 1. The standard InChI is InChI=1S/C8H7Cl3N6S/c1-3-4(18-16-13-3)6-14-15-7-5(8(9,10)11)12-2-17(6)7/h7,15H,2H2,1H3. The number of fused-ring (bicyclic) bond motifs is 1. The van der Waals surface area contributed by atoms with E-state index in [2.05, 4.69) is 25.1 Å². The third-order valence-electron chi connectivity index (χ3n) is 2.67. The second-order valence-corrected chi connectivity index (χ2v) is 6.84. The molecule has 1 N–H and O–H groups in total. The van der Waals surface area contributed by atoms with Crippen molar-refractivity contribution in [3.05, 3.63) is 10.6 Å². The number of rotatable bonds is 1. The number of nitrogens with one attached hydrogen (secondary N) is 1. The van der Waals surface area contributed by atoms with Crippen molar-refractivity contribution >= 4 is 57.9 Å². The lowest BCUT2D eigenvalue weighted by atomic mass is 10.3. The maximum atomic E-state index is 5.87. The average molecular weight is 326 g/mol. The minimum absolute atomic E-state index is 0.311. The highest BCUT2D eigenvalue weighted by molar-refractivity contribution is 7.08. The van der Waals surface area contributed by atoms with Crippen LogP contribution in [0.1, 0.15) is 10.6 Å². The van der Waals surface area contributed by atoms with Crippen LogP contribution in [0.2, 0.25) is 0 Å². The monoisotopic (exact) mass is 324 g/mol. The predicted octanol–water partition coefficient (Wildman–Crippen LogP) is 1.52. The number of halogens is 3. The van der Waals surface area contributed by atoms with Crippen molar-refractivity contribution in [2.24, 2.45) is 10.1 Å². The van der Waals surface area contributed by atoms with E-state index in [9.17, 15) is 0 Å². The molecule has 0 radical (unpaired) electrons. The third-order valence-corrected chi connectivity index (χ3v) is 4.08. The number of aromatic nitrogens is 2. The van der Waals surface area contributed by atoms with E-state index in [0.717, 1.165) is 16.4 Å². The fourth-order valence-corrected chi connectivity index (χ4v) is 2.99. The molecule has 0 aliphatic carbocycles. The summed E-state index contributed by atoms with van der Waals surface area (Å²) < 4.78 is 2.36. The van der Waals surface area contributed by atoms with Gasteiger partial charge in [0.1, 0.15) is 17.3 Å². The van der Waals surface area contributed by atoms with Crippen molar-refractivity contribution in [1.82, 2.24) is 19.9 Å². The number of aryl methyl sites for hydroxylation is 1. The summed E-state index contributed by atoms with van der Waals surface area (Å²) in [5.41, 5.74) is 4.19. The topological polar surface area (TPSA) is 65.8 Å². The van der Waals surface area contributed by atoms with E-state index < -0.39 is 3.79 Å². The van der Waals surface area contributed by atoms with Gasteiger partial charge in [-0.15, -0.1) is 5.10 Å². The number of amidine groups is 1. The van der Waals surface area contributed by atoms with Gasteiger partial charge in [0.25, 0.3) is 0 Å². The van der Waals surface area contributed by atoms with Gasteiger partial charge in [0, 0.05) is 0 Å². The van der Waals surface area contributed by atoms with Crippen LogP contribution in [-0.2, 0) is 0 Å². The molecular formula is C8H7Cl3N6S. The Bertz CT molecular complexity index is 547. The molecule has 0 bridgehead atoms. The molecule has 0 amide bonds. The first-order valence-corrected chi connectivity index (χ1v) is 6.90. The van der Waals surface area contributed by atoms with Crippen LogP contribution >= 0.6 is 46.3 Å². The normalized spacial score (nSPS) is 22.7. The van der Waals surface area contributed by atoms with Crippen LogP contribution in [0.5, 0.6) is 0 Å². The van der Waals surface area contributed by atoms with E-state index in [1.54, 1.807) is 0 Å². The molecule has 1 aromatic heterocycles. The maximum Gasteiger partial charge on any atom is 0.232 e. The summed E-state index contributed by atoms with van der Waals surface area (Å²) >= 11 is 18.9. The van der Waals surface area contributed by atoms with Crippen LogP contribution in [-0.4, -0.2) is 42.7 Å². The second-order valence-electron chi connectivity index (χ2n) is 3.81. The Kier molecular flexibility index (Phi) is 2.89. The van der Waals surface area contributed by atoms with Gasteiger partial charge in [-0.05, 0) is 18.5 Å². The van der Waals surface area contributed by atoms with Crippen molar-refractivity contribution in [2.75, 3.05) is 6.67 Å². The van der Waals surface area contributed by atoms with Gasteiger partial charge < -0.3 is 4.90 Å². The van der Waals surface area contributed by atoms with Crippen molar-refractivity contribution in [2.45, 2.75) is 16.9 Å². The summed E-state index contributed by atoms with van der Waals surface area (Å²) in [5, 5.41) is 8.21. The summed E-state index contributed by atoms with van der Waals surface area (Å²) in [5.74, 6) is 0.737. The molecule has 0 saturated carbocycles. The third kappa shape index (κ3) is 1.85. The molecule has 18 heavy (non-hydrogen) atoms. The van der Waals surface area contributed by atoms with Crippen molar-refractivity contribution in [3.63, 3.8) is 0 Å². The first-order valence-electron chi connectivity index (χ1n) is 4.99. The fraction of sp³-hybridized carbons (Fsp3) is 0.500. The quantitative estimate of drug-likeness (QED) is 0.795. The lowest BCUT2D eigenvalue weighted by Gasteiger charge is -2.21. The zero-order valence-electron chi connectivity index (χ0n) is 9.06. The molecule has 6 nitrogen and oxygen atoms in total. The van der Waals surface area contributed by atoms with Crippen molar-refractivity contribution in [3.8, 4) is 0 Å². The molecule has 1 aromatic rings. The predicted molar refractivity (Wildman–Crippen MR) is 72.5 cm³/mol. The molecule has 96 valence electrons. The minimum Gasteiger partial charge on any atom is -0.307 e. The molecule has 3 heterocycles. The summed E-state index contributed by atoms with van der Waals surface area (Å²) in [4.78, 5) is 7.06. The molecule has 10 heteroatoms. The van der Waals surface area contributed by atoms with Gasteiger partial charge in [0.15, 0.2) is 12.0 Å². The summed E-state index contributed by atoms with van der Waals surface area (Å²) in [6, 6.07) is 0. The Hall–Kier alpha value is -0.630. The largest absolute Gasteiger partial charge is 0.307 e. The van der Waals surface area contributed by atoms with Crippen LogP contribution in [0.3, 0.4) is 0 Å². The van der Waals surface area contributed by atoms with E-state index in [-0.39, 0.29) is 6.17 Å². The highest BCUT2D eigenvalue weighted by Crippen LogP contribution is 2.34. The Morgan fingerprint density at radius 1 is 1.44 bits per heavy atom. The Balaban J connectivity index is 1.88. The van der Waals surface area contributed by atoms with E-state index in [1.807, 2.05) is 11.8 Å². The second kappa shape index (κ2) is 4.19. The van der Waals surface area contributed by atoms with Gasteiger partial charge in [0.05, 0.1) is 5.69 Å².